The lowest BCUT2D eigenvalue weighted by atomic mass is 9.92. The van der Waals surface area contributed by atoms with Crippen LogP contribution in [0, 0.1) is 5.92 Å². The first kappa shape index (κ1) is 11.1. The molecule has 0 aliphatic carbocycles. The topological polar surface area (TPSA) is 66.6 Å². The molecule has 2 atom stereocenters. The van der Waals surface area contributed by atoms with Gasteiger partial charge in [0.15, 0.2) is 5.76 Å². The Kier molecular flexibility index (Phi) is 3.24. The molecule has 2 heterocycles. The summed E-state index contributed by atoms with van der Waals surface area (Å²) in [5, 5.41) is 12.8. The van der Waals surface area contributed by atoms with Gasteiger partial charge in [-0.25, -0.2) is 0 Å². The van der Waals surface area contributed by atoms with Crippen LogP contribution in [0.3, 0.4) is 0 Å². The molecule has 1 N–H and O–H groups in total. The number of likely N-dealkylation sites (tertiary alicyclic amines) is 1. The molecule has 16 heavy (non-hydrogen) atoms. The van der Waals surface area contributed by atoms with E-state index in [1.165, 1.54) is 0 Å². The third-order valence-electron chi connectivity index (χ3n) is 3.11. The number of carboxylic acid groups (broad SMARTS) is 1. The smallest absolute Gasteiger partial charge is 0.320 e. The van der Waals surface area contributed by atoms with Gasteiger partial charge in [0.25, 0.3) is 0 Å². The van der Waals surface area contributed by atoms with Crippen molar-refractivity contribution < 1.29 is 14.4 Å². The van der Waals surface area contributed by atoms with Gasteiger partial charge in [0, 0.05) is 6.07 Å². The van der Waals surface area contributed by atoms with Crippen LogP contribution in [-0.2, 0) is 11.3 Å². The fraction of sp³-hybridized carbons (Fsp3) is 0.636. The van der Waals surface area contributed by atoms with Gasteiger partial charge in [0.2, 0.25) is 0 Å². The van der Waals surface area contributed by atoms with Crippen LogP contribution < -0.4 is 0 Å². The molecule has 0 bridgehead atoms. The van der Waals surface area contributed by atoms with Crippen molar-refractivity contribution in [1.82, 2.24) is 10.1 Å². The molecule has 1 aromatic rings. The molecule has 1 aliphatic rings. The first-order valence-corrected chi connectivity index (χ1v) is 5.53. The van der Waals surface area contributed by atoms with Crippen molar-refractivity contribution in [2.45, 2.75) is 32.4 Å². The fourth-order valence-corrected chi connectivity index (χ4v) is 2.16. The van der Waals surface area contributed by atoms with E-state index in [4.69, 9.17) is 9.63 Å². The highest BCUT2D eigenvalue weighted by atomic mass is 16.5. The van der Waals surface area contributed by atoms with Gasteiger partial charge in [-0.1, -0.05) is 12.1 Å². The quantitative estimate of drug-likeness (QED) is 0.839. The third kappa shape index (κ3) is 2.41. The summed E-state index contributed by atoms with van der Waals surface area (Å²) in [7, 11) is 0. The molecule has 5 heteroatoms. The number of hydrogen-bond acceptors (Lipinski definition) is 4. The molecule has 1 saturated heterocycles. The van der Waals surface area contributed by atoms with Crippen LogP contribution in [0.15, 0.2) is 16.8 Å². The molecule has 2 unspecified atom stereocenters. The van der Waals surface area contributed by atoms with Gasteiger partial charge in [-0.15, -0.1) is 0 Å². The van der Waals surface area contributed by atoms with Gasteiger partial charge in [-0.05, 0) is 25.3 Å². The molecule has 0 spiro atoms. The molecular formula is C11H16N2O3. The maximum atomic E-state index is 11.2. The zero-order valence-electron chi connectivity index (χ0n) is 9.30. The molecule has 88 valence electrons. The molecular weight excluding hydrogens is 208 g/mol. The first-order chi connectivity index (χ1) is 7.66. The monoisotopic (exact) mass is 224 g/mol. The van der Waals surface area contributed by atoms with Gasteiger partial charge in [0.1, 0.15) is 6.04 Å². The number of aromatic nitrogens is 1. The average Bonchev–Trinajstić information content (AvgIpc) is 2.73. The number of nitrogens with zero attached hydrogens (tertiary/aromatic N) is 2. The highest BCUT2D eigenvalue weighted by molar-refractivity contribution is 5.73. The standard InChI is InChI=1S/C11H16N2O3/c1-8-3-5-13(10(6-8)11(14)15)7-9-2-4-12-16-9/h2,4,8,10H,3,5-7H2,1H3,(H,14,15). The molecule has 1 fully saturated rings. The Labute approximate surface area is 94.0 Å². The first-order valence-electron chi connectivity index (χ1n) is 5.53. The van der Waals surface area contributed by atoms with Gasteiger partial charge >= 0.3 is 5.97 Å². The predicted molar refractivity (Wildman–Crippen MR) is 56.7 cm³/mol. The zero-order valence-corrected chi connectivity index (χ0v) is 9.30. The largest absolute Gasteiger partial charge is 0.480 e. The average molecular weight is 224 g/mol. The lowest BCUT2D eigenvalue weighted by Crippen LogP contribution is -2.46. The van der Waals surface area contributed by atoms with Crippen LogP contribution in [0.25, 0.3) is 0 Å². The molecule has 0 aromatic carbocycles. The minimum Gasteiger partial charge on any atom is -0.480 e. The van der Waals surface area contributed by atoms with Gasteiger partial charge in [0.05, 0.1) is 12.7 Å². The van der Waals surface area contributed by atoms with E-state index in [1.54, 1.807) is 12.3 Å². The van der Waals surface area contributed by atoms with Gasteiger partial charge in [-0.3, -0.25) is 9.69 Å². The molecule has 0 amide bonds. The van der Waals surface area contributed by atoms with E-state index in [9.17, 15) is 4.79 Å². The number of carboxylic acids is 1. The highest BCUT2D eigenvalue weighted by Gasteiger charge is 2.31. The zero-order chi connectivity index (χ0) is 11.5. The van der Waals surface area contributed by atoms with E-state index in [2.05, 4.69) is 12.1 Å². The predicted octanol–water partition coefficient (Wildman–Crippen LogP) is 1.36. The Hall–Kier alpha value is -1.36. The summed E-state index contributed by atoms with van der Waals surface area (Å²) in [5.41, 5.74) is 0. The van der Waals surface area contributed by atoms with Crippen molar-refractivity contribution in [3.63, 3.8) is 0 Å². The lowest BCUT2D eigenvalue weighted by molar-refractivity contribution is -0.145. The second-order valence-electron chi connectivity index (χ2n) is 4.43. The van der Waals surface area contributed by atoms with Crippen LogP contribution in [0.1, 0.15) is 25.5 Å². The Bertz CT molecular complexity index is 350. The van der Waals surface area contributed by atoms with E-state index >= 15 is 0 Å². The van der Waals surface area contributed by atoms with Crippen LogP contribution in [-0.4, -0.2) is 33.7 Å². The lowest BCUT2D eigenvalue weighted by Gasteiger charge is -2.35. The van der Waals surface area contributed by atoms with E-state index in [0.29, 0.717) is 18.9 Å². The Morgan fingerprint density at radius 1 is 1.75 bits per heavy atom. The number of rotatable bonds is 3. The van der Waals surface area contributed by atoms with Crippen LogP contribution in [0.4, 0.5) is 0 Å². The second-order valence-corrected chi connectivity index (χ2v) is 4.43. The number of aliphatic carboxylic acids is 1. The van der Waals surface area contributed by atoms with Crippen LogP contribution >= 0.6 is 0 Å². The Morgan fingerprint density at radius 2 is 2.56 bits per heavy atom. The second kappa shape index (κ2) is 4.65. The summed E-state index contributed by atoms with van der Waals surface area (Å²) in [4.78, 5) is 13.1. The molecule has 1 aliphatic heterocycles. The molecule has 0 saturated carbocycles. The number of piperidine rings is 1. The highest BCUT2D eigenvalue weighted by Crippen LogP contribution is 2.24. The number of hydrogen-bond donors (Lipinski definition) is 1. The fourth-order valence-electron chi connectivity index (χ4n) is 2.16. The third-order valence-corrected chi connectivity index (χ3v) is 3.11. The summed E-state index contributed by atoms with van der Waals surface area (Å²) in [5.74, 6) is 0.457. The van der Waals surface area contributed by atoms with Crippen molar-refractivity contribution in [3.05, 3.63) is 18.0 Å². The molecule has 5 nitrogen and oxygen atoms in total. The van der Waals surface area contributed by atoms with E-state index < -0.39 is 12.0 Å². The minimum atomic E-state index is -0.744. The molecule has 0 radical (unpaired) electrons. The van der Waals surface area contributed by atoms with Gasteiger partial charge < -0.3 is 9.63 Å². The maximum Gasteiger partial charge on any atom is 0.320 e. The normalized spacial score (nSPS) is 26.8. The summed E-state index contributed by atoms with van der Waals surface area (Å²) < 4.78 is 5.01. The summed E-state index contributed by atoms with van der Waals surface area (Å²) >= 11 is 0. The Balaban J connectivity index is 2.04. The summed E-state index contributed by atoms with van der Waals surface area (Å²) in [6.07, 6.45) is 3.33. The van der Waals surface area contributed by atoms with Crippen molar-refractivity contribution in [2.24, 2.45) is 5.92 Å². The van der Waals surface area contributed by atoms with Crippen LogP contribution in [0.5, 0.6) is 0 Å². The SMILES string of the molecule is CC1CCN(Cc2ccno2)C(C(=O)O)C1. The van der Waals surface area contributed by atoms with Crippen molar-refractivity contribution in [3.8, 4) is 0 Å². The van der Waals surface area contributed by atoms with E-state index in [0.717, 1.165) is 18.7 Å². The molecule has 2 rings (SSSR count). The summed E-state index contributed by atoms with van der Waals surface area (Å²) in [6, 6.07) is 1.38. The molecule has 1 aromatic heterocycles. The van der Waals surface area contributed by atoms with E-state index in [1.807, 2.05) is 4.90 Å². The van der Waals surface area contributed by atoms with Crippen molar-refractivity contribution >= 4 is 5.97 Å². The summed E-state index contributed by atoms with van der Waals surface area (Å²) in [6.45, 7) is 3.43. The van der Waals surface area contributed by atoms with Crippen LogP contribution in [0.2, 0.25) is 0 Å². The van der Waals surface area contributed by atoms with Crippen molar-refractivity contribution in [1.29, 1.82) is 0 Å². The van der Waals surface area contributed by atoms with Gasteiger partial charge in [-0.2, -0.15) is 0 Å². The minimum absolute atomic E-state index is 0.395. The number of carbonyl (C=O) groups is 1. The maximum absolute atomic E-state index is 11.2. The van der Waals surface area contributed by atoms with Crippen molar-refractivity contribution in [2.75, 3.05) is 6.54 Å². The van der Waals surface area contributed by atoms with E-state index in [-0.39, 0.29) is 0 Å². The Morgan fingerprint density at radius 3 is 3.19 bits per heavy atom.